The summed E-state index contributed by atoms with van der Waals surface area (Å²) in [5.74, 6) is 0. The Morgan fingerprint density at radius 1 is 1.69 bits per heavy atom. The lowest BCUT2D eigenvalue weighted by atomic mass is 10.0. The lowest BCUT2D eigenvalue weighted by molar-refractivity contribution is 0.0955. The van der Waals surface area contributed by atoms with Crippen LogP contribution in [-0.4, -0.2) is 25.8 Å². The Morgan fingerprint density at radius 2 is 2.56 bits per heavy atom. The highest BCUT2D eigenvalue weighted by Gasteiger charge is 2.20. The summed E-state index contributed by atoms with van der Waals surface area (Å²) in [5, 5.41) is 5.54. The molecule has 1 saturated heterocycles. The SMILES string of the molecule is CNC(Cc1sccc1Br)CC1CCCO1. The summed E-state index contributed by atoms with van der Waals surface area (Å²) in [6.07, 6.45) is 5.14. The maximum Gasteiger partial charge on any atom is 0.0590 e. The van der Waals surface area contributed by atoms with Crippen molar-refractivity contribution in [1.29, 1.82) is 0 Å². The first-order valence-corrected chi connectivity index (χ1v) is 7.47. The molecule has 16 heavy (non-hydrogen) atoms. The van der Waals surface area contributed by atoms with E-state index in [9.17, 15) is 0 Å². The molecule has 1 aromatic rings. The van der Waals surface area contributed by atoms with Crippen LogP contribution in [0.5, 0.6) is 0 Å². The van der Waals surface area contributed by atoms with Crippen LogP contribution in [0.3, 0.4) is 0 Å². The molecular formula is C12H18BrNOS. The Balaban J connectivity index is 1.87. The van der Waals surface area contributed by atoms with Crippen LogP contribution in [0.15, 0.2) is 15.9 Å². The summed E-state index contributed by atoms with van der Waals surface area (Å²) in [5.41, 5.74) is 0. The van der Waals surface area contributed by atoms with Crippen LogP contribution in [0.1, 0.15) is 24.1 Å². The second-order valence-corrected chi connectivity index (χ2v) is 6.11. The fourth-order valence-corrected chi connectivity index (χ4v) is 3.74. The zero-order valence-corrected chi connectivity index (χ0v) is 11.9. The Kier molecular flexibility index (Phi) is 4.82. The zero-order chi connectivity index (χ0) is 11.4. The van der Waals surface area contributed by atoms with E-state index in [2.05, 4.69) is 32.7 Å². The number of ether oxygens (including phenoxy) is 1. The van der Waals surface area contributed by atoms with Crippen LogP contribution in [-0.2, 0) is 11.2 Å². The summed E-state index contributed by atoms with van der Waals surface area (Å²) >= 11 is 5.41. The van der Waals surface area contributed by atoms with Gasteiger partial charge in [-0.25, -0.2) is 0 Å². The van der Waals surface area contributed by atoms with Crippen LogP contribution in [0.25, 0.3) is 0 Å². The monoisotopic (exact) mass is 303 g/mol. The number of halogens is 1. The smallest absolute Gasteiger partial charge is 0.0590 e. The van der Waals surface area contributed by atoms with E-state index in [0.717, 1.165) is 19.4 Å². The van der Waals surface area contributed by atoms with E-state index in [1.807, 2.05) is 18.4 Å². The standard InChI is InChI=1S/C12H18BrNOS/c1-14-9(7-10-3-2-5-15-10)8-12-11(13)4-6-16-12/h4,6,9-10,14H,2-3,5,7-8H2,1H3. The van der Waals surface area contributed by atoms with Gasteiger partial charge >= 0.3 is 0 Å². The Hall–Kier alpha value is 0.1000. The first-order chi connectivity index (χ1) is 7.79. The maximum absolute atomic E-state index is 5.69. The van der Waals surface area contributed by atoms with Crippen molar-refractivity contribution in [3.05, 3.63) is 20.8 Å². The van der Waals surface area contributed by atoms with Crippen molar-refractivity contribution in [3.63, 3.8) is 0 Å². The summed E-state index contributed by atoms with van der Waals surface area (Å²) in [4.78, 5) is 1.43. The third-order valence-corrected chi connectivity index (χ3v) is 5.05. The van der Waals surface area contributed by atoms with Crippen LogP contribution >= 0.6 is 27.3 Å². The lowest BCUT2D eigenvalue weighted by Gasteiger charge is -2.19. The van der Waals surface area contributed by atoms with Gasteiger partial charge in [0.05, 0.1) is 6.10 Å². The van der Waals surface area contributed by atoms with Gasteiger partial charge in [0.15, 0.2) is 0 Å². The fraction of sp³-hybridized carbons (Fsp3) is 0.667. The summed E-state index contributed by atoms with van der Waals surface area (Å²) in [6.45, 7) is 0.948. The van der Waals surface area contributed by atoms with Crippen molar-refractivity contribution in [2.45, 2.75) is 37.8 Å². The van der Waals surface area contributed by atoms with Crippen molar-refractivity contribution in [3.8, 4) is 0 Å². The van der Waals surface area contributed by atoms with Gasteiger partial charge in [-0.15, -0.1) is 11.3 Å². The number of rotatable bonds is 5. The van der Waals surface area contributed by atoms with Gasteiger partial charge in [0, 0.05) is 22.0 Å². The van der Waals surface area contributed by atoms with E-state index >= 15 is 0 Å². The molecule has 0 aliphatic carbocycles. The largest absolute Gasteiger partial charge is 0.378 e. The van der Waals surface area contributed by atoms with Crippen molar-refractivity contribution < 1.29 is 4.74 Å². The van der Waals surface area contributed by atoms with Gasteiger partial charge in [0.1, 0.15) is 0 Å². The highest BCUT2D eigenvalue weighted by molar-refractivity contribution is 9.10. The average molecular weight is 304 g/mol. The number of nitrogens with one attached hydrogen (secondary N) is 1. The molecule has 1 fully saturated rings. The van der Waals surface area contributed by atoms with E-state index in [1.165, 1.54) is 22.2 Å². The quantitative estimate of drug-likeness (QED) is 0.902. The lowest BCUT2D eigenvalue weighted by Crippen LogP contribution is -2.31. The molecule has 2 unspecified atom stereocenters. The average Bonchev–Trinajstić information content (AvgIpc) is 2.90. The van der Waals surface area contributed by atoms with Crippen molar-refractivity contribution in [2.75, 3.05) is 13.7 Å². The highest BCUT2D eigenvalue weighted by atomic mass is 79.9. The molecule has 1 aliphatic rings. The van der Waals surface area contributed by atoms with Gasteiger partial charge in [-0.05, 0) is 60.1 Å². The van der Waals surface area contributed by atoms with Crippen LogP contribution in [0, 0.1) is 0 Å². The van der Waals surface area contributed by atoms with E-state index in [1.54, 1.807) is 0 Å². The Bertz CT molecular complexity index is 323. The predicted molar refractivity (Wildman–Crippen MR) is 72.2 cm³/mol. The second-order valence-electron chi connectivity index (χ2n) is 4.25. The highest BCUT2D eigenvalue weighted by Crippen LogP contribution is 2.26. The van der Waals surface area contributed by atoms with Gasteiger partial charge in [-0.2, -0.15) is 0 Å². The Labute approximate surface area is 110 Å². The van der Waals surface area contributed by atoms with E-state index in [-0.39, 0.29) is 0 Å². The number of hydrogen-bond donors (Lipinski definition) is 1. The van der Waals surface area contributed by atoms with E-state index in [0.29, 0.717) is 12.1 Å². The molecule has 1 aromatic heterocycles. The summed E-state index contributed by atoms with van der Waals surface area (Å²) < 4.78 is 6.93. The van der Waals surface area contributed by atoms with Crippen LogP contribution < -0.4 is 5.32 Å². The van der Waals surface area contributed by atoms with Gasteiger partial charge in [0.2, 0.25) is 0 Å². The molecule has 4 heteroatoms. The molecule has 0 amide bonds. The molecular weight excluding hydrogens is 286 g/mol. The number of hydrogen-bond acceptors (Lipinski definition) is 3. The molecule has 2 nitrogen and oxygen atoms in total. The molecule has 2 rings (SSSR count). The third-order valence-electron chi connectivity index (χ3n) is 3.10. The summed E-state index contributed by atoms with van der Waals surface area (Å²) in [6, 6.07) is 2.65. The molecule has 2 heterocycles. The molecule has 0 bridgehead atoms. The van der Waals surface area contributed by atoms with Gasteiger partial charge < -0.3 is 10.1 Å². The Morgan fingerprint density at radius 3 is 3.12 bits per heavy atom. The molecule has 1 N–H and O–H groups in total. The molecule has 2 atom stereocenters. The minimum atomic E-state index is 0.469. The molecule has 0 saturated carbocycles. The van der Waals surface area contributed by atoms with E-state index in [4.69, 9.17) is 4.74 Å². The van der Waals surface area contributed by atoms with Crippen LogP contribution in [0.4, 0.5) is 0 Å². The van der Waals surface area contributed by atoms with Gasteiger partial charge in [0.25, 0.3) is 0 Å². The minimum absolute atomic E-state index is 0.469. The van der Waals surface area contributed by atoms with E-state index < -0.39 is 0 Å². The normalized spacial score (nSPS) is 22.5. The molecule has 0 aromatic carbocycles. The van der Waals surface area contributed by atoms with Crippen LogP contribution in [0.2, 0.25) is 0 Å². The maximum atomic E-state index is 5.69. The van der Waals surface area contributed by atoms with Crippen molar-refractivity contribution in [1.82, 2.24) is 5.32 Å². The fourth-order valence-electron chi connectivity index (χ4n) is 2.15. The number of thiophene rings is 1. The van der Waals surface area contributed by atoms with Crippen molar-refractivity contribution in [2.24, 2.45) is 0 Å². The number of likely N-dealkylation sites (N-methyl/N-ethyl adjacent to an activating group) is 1. The molecule has 0 radical (unpaired) electrons. The first-order valence-electron chi connectivity index (χ1n) is 5.80. The zero-order valence-electron chi connectivity index (χ0n) is 9.54. The second kappa shape index (κ2) is 6.15. The topological polar surface area (TPSA) is 21.3 Å². The molecule has 1 aliphatic heterocycles. The third kappa shape index (κ3) is 3.29. The predicted octanol–water partition coefficient (Wildman–Crippen LogP) is 3.21. The van der Waals surface area contributed by atoms with Gasteiger partial charge in [-0.3, -0.25) is 0 Å². The minimum Gasteiger partial charge on any atom is -0.378 e. The molecule has 90 valence electrons. The summed E-state index contributed by atoms with van der Waals surface area (Å²) in [7, 11) is 2.04. The first kappa shape index (κ1) is 12.6. The van der Waals surface area contributed by atoms with Gasteiger partial charge in [-0.1, -0.05) is 0 Å². The molecule has 0 spiro atoms. The van der Waals surface area contributed by atoms with Crippen molar-refractivity contribution >= 4 is 27.3 Å².